The van der Waals surface area contributed by atoms with Gasteiger partial charge in [0.15, 0.2) is 0 Å². The molecule has 0 bridgehead atoms. The molecule has 1 aromatic rings. The van der Waals surface area contributed by atoms with E-state index in [0.29, 0.717) is 11.6 Å². The molecular formula is C12H15ClN2O. The van der Waals surface area contributed by atoms with Gasteiger partial charge in [-0.3, -0.25) is 0 Å². The van der Waals surface area contributed by atoms with Crippen LogP contribution in [0.2, 0.25) is 5.02 Å². The van der Waals surface area contributed by atoms with Crippen molar-refractivity contribution in [2.45, 2.75) is 13.3 Å². The highest BCUT2D eigenvalue weighted by atomic mass is 35.5. The summed E-state index contributed by atoms with van der Waals surface area (Å²) in [6.45, 7) is 2.67. The fraction of sp³-hybridized carbons (Fsp3) is 0.250. The van der Waals surface area contributed by atoms with Crippen molar-refractivity contribution in [3.05, 3.63) is 41.1 Å². The lowest BCUT2D eigenvalue weighted by molar-refractivity contribution is 0.244. The fourth-order valence-corrected chi connectivity index (χ4v) is 1.31. The molecule has 0 atom stereocenters. The minimum absolute atomic E-state index is 0.204. The number of nitrogens with one attached hydrogen (secondary N) is 2. The number of carbonyl (C=O) groups excluding carboxylic acids is 1. The summed E-state index contributed by atoms with van der Waals surface area (Å²) in [6.07, 6.45) is 4.25. The van der Waals surface area contributed by atoms with Crippen LogP contribution < -0.4 is 10.6 Å². The number of rotatable bonds is 4. The highest BCUT2D eigenvalue weighted by Crippen LogP contribution is 2.15. The molecule has 2 N–H and O–H groups in total. The average Bonchev–Trinajstić information content (AvgIpc) is 2.29. The van der Waals surface area contributed by atoms with Crippen molar-refractivity contribution < 1.29 is 4.79 Å². The molecule has 0 aliphatic rings. The van der Waals surface area contributed by atoms with Crippen molar-refractivity contribution in [1.82, 2.24) is 10.6 Å². The van der Waals surface area contributed by atoms with E-state index in [1.54, 1.807) is 18.3 Å². The van der Waals surface area contributed by atoms with E-state index < -0.39 is 0 Å². The van der Waals surface area contributed by atoms with E-state index in [1.807, 2.05) is 25.1 Å². The molecule has 4 heteroatoms. The summed E-state index contributed by atoms with van der Waals surface area (Å²) in [5, 5.41) is 5.96. The topological polar surface area (TPSA) is 41.1 Å². The van der Waals surface area contributed by atoms with Gasteiger partial charge in [0, 0.05) is 17.8 Å². The predicted octanol–water partition coefficient (Wildman–Crippen LogP) is 3.02. The van der Waals surface area contributed by atoms with Crippen LogP contribution in [0.15, 0.2) is 30.5 Å². The van der Waals surface area contributed by atoms with E-state index in [-0.39, 0.29) is 6.03 Å². The summed E-state index contributed by atoms with van der Waals surface area (Å²) in [6, 6.07) is 7.23. The molecule has 0 heterocycles. The Morgan fingerprint density at radius 1 is 1.44 bits per heavy atom. The highest BCUT2D eigenvalue weighted by molar-refractivity contribution is 6.32. The van der Waals surface area contributed by atoms with E-state index in [4.69, 9.17) is 11.6 Å². The molecule has 0 radical (unpaired) electrons. The normalized spacial score (nSPS) is 10.4. The first-order valence-electron chi connectivity index (χ1n) is 5.19. The second kappa shape index (κ2) is 6.90. The molecule has 0 aliphatic heterocycles. The predicted molar refractivity (Wildman–Crippen MR) is 67.3 cm³/mol. The lowest BCUT2D eigenvalue weighted by atomic mass is 10.2. The quantitative estimate of drug-likeness (QED) is 0.832. The summed E-state index contributed by atoms with van der Waals surface area (Å²) in [5.41, 5.74) is 0.875. The summed E-state index contributed by atoms with van der Waals surface area (Å²) >= 11 is 5.94. The minimum atomic E-state index is -0.204. The number of hydrogen-bond acceptors (Lipinski definition) is 1. The Hall–Kier alpha value is -1.48. The third-order valence-corrected chi connectivity index (χ3v) is 2.26. The van der Waals surface area contributed by atoms with Crippen molar-refractivity contribution in [3.8, 4) is 0 Å². The van der Waals surface area contributed by atoms with Gasteiger partial charge in [0.2, 0.25) is 0 Å². The van der Waals surface area contributed by atoms with Gasteiger partial charge in [-0.15, -0.1) is 0 Å². The average molecular weight is 239 g/mol. The molecule has 1 aromatic carbocycles. The van der Waals surface area contributed by atoms with Crippen molar-refractivity contribution in [1.29, 1.82) is 0 Å². The van der Waals surface area contributed by atoms with Crippen molar-refractivity contribution in [2.24, 2.45) is 0 Å². The molecule has 0 saturated heterocycles. The van der Waals surface area contributed by atoms with Gasteiger partial charge in [0.05, 0.1) is 0 Å². The number of benzene rings is 1. The molecule has 16 heavy (non-hydrogen) atoms. The first-order valence-corrected chi connectivity index (χ1v) is 5.57. The molecule has 86 valence electrons. The first-order chi connectivity index (χ1) is 7.74. The van der Waals surface area contributed by atoms with Crippen LogP contribution in [0.4, 0.5) is 4.79 Å². The number of hydrogen-bond donors (Lipinski definition) is 2. The van der Waals surface area contributed by atoms with Crippen LogP contribution in [0, 0.1) is 0 Å². The maximum absolute atomic E-state index is 11.2. The maximum atomic E-state index is 11.2. The molecule has 3 nitrogen and oxygen atoms in total. The molecule has 0 saturated carbocycles. The van der Waals surface area contributed by atoms with Crippen LogP contribution in [-0.2, 0) is 0 Å². The lowest BCUT2D eigenvalue weighted by Crippen LogP contribution is -2.32. The molecule has 1 rings (SSSR count). The highest BCUT2D eigenvalue weighted by Gasteiger charge is 1.95. The Bertz CT molecular complexity index is 377. The molecule has 0 unspecified atom stereocenters. The van der Waals surface area contributed by atoms with Gasteiger partial charge in [-0.1, -0.05) is 36.7 Å². The molecule has 2 amide bonds. The Balaban J connectivity index is 2.43. The second-order valence-corrected chi connectivity index (χ2v) is 3.66. The number of amides is 2. The van der Waals surface area contributed by atoms with Crippen LogP contribution in [0.3, 0.4) is 0 Å². The molecule has 0 fully saturated rings. The zero-order valence-corrected chi connectivity index (χ0v) is 9.92. The largest absolute Gasteiger partial charge is 0.338 e. The number of halogens is 1. The third-order valence-electron chi connectivity index (χ3n) is 1.92. The van der Waals surface area contributed by atoms with Gasteiger partial charge in [-0.25, -0.2) is 4.79 Å². The Labute approximate surface area is 100 Å². The maximum Gasteiger partial charge on any atom is 0.318 e. The second-order valence-electron chi connectivity index (χ2n) is 3.26. The first kappa shape index (κ1) is 12.6. The van der Waals surface area contributed by atoms with Gasteiger partial charge in [-0.2, -0.15) is 0 Å². The van der Waals surface area contributed by atoms with E-state index in [9.17, 15) is 4.79 Å². The van der Waals surface area contributed by atoms with Crippen molar-refractivity contribution >= 4 is 23.7 Å². The van der Waals surface area contributed by atoms with Gasteiger partial charge < -0.3 is 10.6 Å². The molecule has 0 aliphatic carbocycles. The summed E-state index contributed by atoms with van der Waals surface area (Å²) in [7, 11) is 0. The van der Waals surface area contributed by atoms with Gasteiger partial charge >= 0.3 is 6.03 Å². The monoisotopic (exact) mass is 238 g/mol. The van der Waals surface area contributed by atoms with Crippen LogP contribution in [0.1, 0.15) is 18.9 Å². The van der Waals surface area contributed by atoms with Gasteiger partial charge in [-0.05, 0) is 24.1 Å². The van der Waals surface area contributed by atoms with E-state index in [2.05, 4.69) is 10.6 Å². The van der Waals surface area contributed by atoms with Gasteiger partial charge in [0.1, 0.15) is 0 Å². The Kier molecular flexibility index (Phi) is 5.43. The van der Waals surface area contributed by atoms with Crippen LogP contribution >= 0.6 is 11.6 Å². The van der Waals surface area contributed by atoms with Crippen LogP contribution in [-0.4, -0.2) is 12.6 Å². The minimum Gasteiger partial charge on any atom is -0.338 e. The lowest BCUT2D eigenvalue weighted by Gasteiger charge is -2.02. The standard InChI is InChI=1S/C12H15ClN2O/c1-2-8-14-12(16)15-9-7-10-5-3-4-6-11(10)13/h3-7,9H,2,8H2,1H3,(H2,14,15,16)/b9-7+. The zero-order valence-electron chi connectivity index (χ0n) is 9.16. The number of carbonyl (C=O) groups is 1. The Morgan fingerprint density at radius 3 is 2.88 bits per heavy atom. The van der Waals surface area contributed by atoms with Crippen LogP contribution in [0.25, 0.3) is 6.08 Å². The zero-order chi connectivity index (χ0) is 11.8. The summed E-state index contributed by atoms with van der Waals surface area (Å²) in [5.74, 6) is 0. The molecule has 0 aromatic heterocycles. The Morgan fingerprint density at radius 2 is 2.19 bits per heavy atom. The van der Waals surface area contributed by atoms with Crippen molar-refractivity contribution in [2.75, 3.05) is 6.54 Å². The SMILES string of the molecule is CCCNC(=O)N/C=C/c1ccccc1Cl. The summed E-state index contributed by atoms with van der Waals surface area (Å²) in [4.78, 5) is 11.2. The molecular weight excluding hydrogens is 224 g/mol. The van der Waals surface area contributed by atoms with E-state index >= 15 is 0 Å². The summed E-state index contributed by atoms with van der Waals surface area (Å²) < 4.78 is 0. The smallest absolute Gasteiger partial charge is 0.318 e. The van der Waals surface area contributed by atoms with E-state index in [1.165, 1.54) is 0 Å². The fourth-order valence-electron chi connectivity index (χ4n) is 1.11. The molecule has 0 spiro atoms. The van der Waals surface area contributed by atoms with Gasteiger partial charge in [0.25, 0.3) is 0 Å². The van der Waals surface area contributed by atoms with Crippen molar-refractivity contribution in [3.63, 3.8) is 0 Å². The van der Waals surface area contributed by atoms with E-state index in [0.717, 1.165) is 12.0 Å². The van der Waals surface area contributed by atoms with Crippen LogP contribution in [0.5, 0.6) is 0 Å². The third kappa shape index (κ3) is 4.36. The number of urea groups is 1.